The number of aryl methyl sites for hydroxylation is 1. The molecule has 0 saturated carbocycles. The van der Waals surface area contributed by atoms with Crippen LogP contribution in [0.1, 0.15) is 0 Å². The highest BCUT2D eigenvalue weighted by atomic mass is 32.1. The molecule has 1 N–H and O–H groups in total. The van der Waals surface area contributed by atoms with Gasteiger partial charge in [-0.05, 0) is 6.07 Å². The number of aromatic nitrogens is 3. The fourth-order valence-electron chi connectivity index (χ4n) is 1.19. The maximum atomic E-state index is 13.1. The predicted molar refractivity (Wildman–Crippen MR) is 53.8 cm³/mol. The van der Waals surface area contributed by atoms with Gasteiger partial charge in [-0.3, -0.25) is 4.68 Å². The van der Waals surface area contributed by atoms with E-state index in [1.54, 1.807) is 17.1 Å². The fourth-order valence-corrected chi connectivity index (χ4v) is 1.31. The summed E-state index contributed by atoms with van der Waals surface area (Å²) in [5.74, 6) is -0.415. The van der Waals surface area contributed by atoms with Gasteiger partial charge in [0.05, 0.1) is 6.20 Å². The van der Waals surface area contributed by atoms with Crippen LogP contribution in [0, 0.1) is 10.5 Å². The molecule has 2 aromatic heterocycles. The van der Waals surface area contributed by atoms with Gasteiger partial charge in [-0.1, -0.05) is 12.2 Å². The van der Waals surface area contributed by atoms with E-state index in [4.69, 9.17) is 12.2 Å². The number of rotatable bonds is 1. The largest absolute Gasteiger partial charge is 0.350 e. The molecule has 0 aliphatic heterocycles. The lowest BCUT2D eigenvalue weighted by Crippen LogP contribution is -1.85. The average molecular weight is 209 g/mol. The number of pyridine rings is 1. The van der Waals surface area contributed by atoms with E-state index in [1.165, 1.54) is 6.07 Å². The highest BCUT2D eigenvalue weighted by Crippen LogP contribution is 2.17. The molecule has 14 heavy (non-hydrogen) atoms. The van der Waals surface area contributed by atoms with Gasteiger partial charge in [0.25, 0.3) is 0 Å². The second-order valence-electron chi connectivity index (χ2n) is 2.97. The van der Waals surface area contributed by atoms with E-state index in [0.29, 0.717) is 0 Å². The molecule has 2 heterocycles. The highest BCUT2D eigenvalue weighted by Gasteiger charge is 2.02. The molecule has 0 unspecified atom stereocenters. The topological polar surface area (TPSA) is 33.6 Å². The molecule has 0 aliphatic carbocycles. The van der Waals surface area contributed by atoms with Crippen LogP contribution in [-0.2, 0) is 7.05 Å². The Hall–Kier alpha value is -1.49. The van der Waals surface area contributed by atoms with Gasteiger partial charge in [-0.25, -0.2) is 4.39 Å². The Kier molecular flexibility index (Phi) is 2.17. The second-order valence-corrected chi connectivity index (χ2v) is 3.38. The van der Waals surface area contributed by atoms with Crippen LogP contribution < -0.4 is 0 Å². The van der Waals surface area contributed by atoms with E-state index in [2.05, 4.69) is 10.1 Å². The molecule has 2 rings (SSSR count). The third-order valence-corrected chi connectivity index (χ3v) is 2.21. The molecule has 0 aromatic carbocycles. The normalized spacial score (nSPS) is 10.4. The number of H-pyrrole nitrogens is 1. The molecule has 0 spiro atoms. The van der Waals surface area contributed by atoms with E-state index in [0.717, 1.165) is 11.1 Å². The molecule has 3 nitrogen and oxygen atoms in total. The van der Waals surface area contributed by atoms with Crippen LogP contribution >= 0.6 is 12.2 Å². The number of hydrogen-bond donors (Lipinski definition) is 1. The van der Waals surface area contributed by atoms with Crippen molar-refractivity contribution in [1.29, 1.82) is 0 Å². The Bertz CT molecular complexity index is 515. The summed E-state index contributed by atoms with van der Waals surface area (Å²) >= 11 is 4.72. The Labute approximate surface area is 85.2 Å². The Morgan fingerprint density at radius 3 is 2.86 bits per heavy atom. The maximum absolute atomic E-state index is 13.1. The molecule has 72 valence electrons. The third kappa shape index (κ3) is 1.58. The van der Waals surface area contributed by atoms with E-state index in [-0.39, 0.29) is 4.64 Å². The first-order valence-electron chi connectivity index (χ1n) is 4.04. The molecule has 5 heteroatoms. The smallest absolute Gasteiger partial charge is 0.158 e. The van der Waals surface area contributed by atoms with Crippen LogP contribution in [0.15, 0.2) is 24.7 Å². The lowest BCUT2D eigenvalue weighted by atomic mass is 10.2. The standard InChI is InChI=1S/C9H8FN3S/c1-13-5-7(4-12-13)6-2-8(10)9(14)11-3-6/h2-5H,1H3,(H,11,14). The van der Waals surface area contributed by atoms with Crippen molar-refractivity contribution in [2.45, 2.75) is 0 Å². The Balaban J connectivity index is 2.52. The van der Waals surface area contributed by atoms with E-state index < -0.39 is 5.82 Å². The first-order valence-corrected chi connectivity index (χ1v) is 4.45. The van der Waals surface area contributed by atoms with Crippen molar-refractivity contribution >= 4 is 12.2 Å². The monoisotopic (exact) mass is 209 g/mol. The molecule has 0 radical (unpaired) electrons. The summed E-state index contributed by atoms with van der Waals surface area (Å²) in [5.41, 5.74) is 1.60. The van der Waals surface area contributed by atoms with Crippen LogP contribution in [0.5, 0.6) is 0 Å². The van der Waals surface area contributed by atoms with Gasteiger partial charge in [0.15, 0.2) is 5.82 Å². The van der Waals surface area contributed by atoms with Gasteiger partial charge in [-0.2, -0.15) is 5.10 Å². The molecule has 0 saturated heterocycles. The molecule has 0 atom stereocenters. The minimum atomic E-state index is -0.415. The number of nitrogens with zero attached hydrogens (tertiary/aromatic N) is 2. The highest BCUT2D eigenvalue weighted by molar-refractivity contribution is 7.71. The van der Waals surface area contributed by atoms with Gasteiger partial charge in [0, 0.05) is 30.6 Å². The van der Waals surface area contributed by atoms with Crippen molar-refractivity contribution in [2.75, 3.05) is 0 Å². The van der Waals surface area contributed by atoms with Crippen molar-refractivity contribution < 1.29 is 4.39 Å². The van der Waals surface area contributed by atoms with Crippen LogP contribution in [-0.4, -0.2) is 14.8 Å². The zero-order chi connectivity index (χ0) is 10.1. The Morgan fingerprint density at radius 1 is 1.50 bits per heavy atom. The van der Waals surface area contributed by atoms with Gasteiger partial charge in [0.2, 0.25) is 0 Å². The second kappa shape index (κ2) is 3.34. The Morgan fingerprint density at radius 2 is 2.29 bits per heavy atom. The lowest BCUT2D eigenvalue weighted by molar-refractivity contribution is 0.617. The third-order valence-electron chi connectivity index (χ3n) is 1.90. The summed E-state index contributed by atoms with van der Waals surface area (Å²) in [6, 6.07) is 1.40. The van der Waals surface area contributed by atoms with Gasteiger partial charge < -0.3 is 4.98 Å². The molecule has 0 amide bonds. The fraction of sp³-hybridized carbons (Fsp3) is 0.111. The summed E-state index contributed by atoms with van der Waals surface area (Å²) in [5, 5.41) is 4.00. The van der Waals surface area contributed by atoms with Gasteiger partial charge in [0.1, 0.15) is 4.64 Å². The number of halogens is 1. The number of hydrogen-bond acceptors (Lipinski definition) is 2. The first kappa shape index (κ1) is 9.08. The zero-order valence-corrected chi connectivity index (χ0v) is 8.31. The zero-order valence-electron chi connectivity index (χ0n) is 7.49. The van der Waals surface area contributed by atoms with Crippen LogP contribution in [0.4, 0.5) is 4.39 Å². The summed E-state index contributed by atoms with van der Waals surface area (Å²) in [7, 11) is 1.81. The molecule has 0 aliphatic rings. The lowest BCUT2D eigenvalue weighted by Gasteiger charge is -1.96. The van der Waals surface area contributed by atoms with Crippen LogP contribution in [0.25, 0.3) is 11.1 Å². The van der Waals surface area contributed by atoms with E-state index in [1.807, 2.05) is 13.2 Å². The van der Waals surface area contributed by atoms with Crippen molar-refractivity contribution in [3.05, 3.63) is 35.1 Å². The van der Waals surface area contributed by atoms with E-state index >= 15 is 0 Å². The van der Waals surface area contributed by atoms with Gasteiger partial charge >= 0.3 is 0 Å². The summed E-state index contributed by atoms with van der Waals surface area (Å²) in [6.45, 7) is 0. The van der Waals surface area contributed by atoms with Crippen molar-refractivity contribution in [3.63, 3.8) is 0 Å². The minimum Gasteiger partial charge on any atom is -0.350 e. The van der Waals surface area contributed by atoms with E-state index in [9.17, 15) is 4.39 Å². The summed E-state index contributed by atoms with van der Waals surface area (Å²) in [6.07, 6.45) is 5.15. The number of aromatic amines is 1. The quantitative estimate of drug-likeness (QED) is 0.731. The predicted octanol–water partition coefficient (Wildman–Crippen LogP) is 2.28. The van der Waals surface area contributed by atoms with Crippen LogP contribution in [0.3, 0.4) is 0 Å². The van der Waals surface area contributed by atoms with Gasteiger partial charge in [-0.15, -0.1) is 0 Å². The summed E-state index contributed by atoms with van der Waals surface area (Å²) in [4.78, 5) is 2.68. The summed E-state index contributed by atoms with van der Waals surface area (Å²) < 4.78 is 14.9. The molecular formula is C9H8FN3S. The van der Waals surface area contributed by atoms with Crippen molar-refractivity contribution in [3.8, 4) is 11.1 Å². The molecular weight excluding hydrogens is 201 g/mol. The number of nitrogens with one attached hydrogen (secondary N) is 1. The SMILES string of the molecule is Cn1cc(-c2c[nH]c(=S)c(F)c2)cn1. The van der Waals surface area contributed by atoms with Crippen LogP contribution in [0.2, 0.25) is 0 Å². The molecule has 2 aromatic rings. The molecule has 0 bridgehead atoms. The maximum Gasteiger partial charge on any atom is 0.158 e. The first-order chi connectivity index (χ1) is 6.66. The minimum absolute atomic E-state index is 0.123. The van der Waals surface area contributed by atoms with Crippen molar-refractivity contribution in [1.82, 2.24) is 14.8 Å². The van der Waals surface area contributed by atoms with Crippen molar-refractivity contribution in [2.24, 2.45) is 7.05 Å². The average Bonchev–Trinajstić information content (AvgIpc) is 2.57. The molecule has 0 fully saturated rings.